The topological polar surface area (TPSA) is 23.8 Å². The van der Waals surface area contributed by atoms with Gasteiger partial charge in [0.15, 0.2) is 0 Å². The molecule has 1 aromatic carbocycles. The second kappa shape index (κ2) is 3.59. The summed E-state index contributed by atoms with van der Waals surface area (Å²) in [4.78, 5) is 0. The Morgan fingerprint density at radius 1 is 1.50 bits per heavy atom. The maximum absolute atomic E-state index is 13.3. The molecule has 0 saturated carbocycles. The fourth-order valence-electron chi connectivity index (χ4n) is 3.05. The Morgan fingerprint density at radius 2 is 2.19 bits per heavy atom. The van der Waals surface area contributed by atoms with Crippen molar-refractivity contribution in [2.24, 2.45) is 11.8 Å². The van der Waals surface area contributed by atoms with E-state index in [-0.39, 0.29) is 17.7 Å². The van der Waals surface area contributed by atoms with Crippen LogP contribution in [0.15, 0.2) is 18.2 Å². The minimum absolute atomic E-state index is 0.204. The quantitative estimate of drug-likeness (QED) is 0.707. The summed E-state index contributed by atoms with van der Waals surface area (Å²) < 4.78 is 13.3. The lowest BCUT2D eigenvalue weighted by atomic mass is 9.69. The van der Waals surface area contributed by atoms with Crippen LogP contribution in [0.25, 0.3) is 0 Å². The molecule has 1 aromatic rings. The first-order valence-corrected chi connectivity index (χ1v) is 5.72. The zero-order chi connectivity index (χ0) is 11.9. The smallest absolute Gasteiger partial charge is 0.123 e. The van der Waals surface area contributed by atoms with Gasteiger partial charge < -0.3 is 0 Å². The van der Waals surface area contributed by atoms with Crippen LogP contribution < -0.4 is 0 Å². The fraction of sp³-hybridized carbons (Fsp3) is 0.500. The number of hydrogen-bond donors (Lipinski definition) is 0. The van der Waals surface area contributed by atoms with Gasteiger partial charge in [-0.05, 0) is 41.5 Å². The molecule has 2 heteroatoms. The Balaban J connectivity index is 2.66. The van der Waals surface area contributed by atoms with Crippen molar-refractivity contribution in [1.82, 2.24) is 0 Å². The molecule has 0 unspecified atom stereocenters. The first-order valence-electron chi connectivity index (χ1n) is 5.72. The van der Waals surface area contributed by atoms with E-state index in [1.54, 1.807) is 6.07 Å². The Morgan fingerprint density at radius 3 is 2.75 bits per heavy atom. The van der Waals surface area contributed by atoms with E-state index in [0.29, 0.717) is 0 Å². The van der Waals surface area contributed by atoms with Crippen LogP contribution in [0.1, 0.15) is 31.9 Å². The third-order valence-electron chi connectivity index (χ3n) is 3.92. The van der Waals surface area contributed by atoms with Crippen molar-refractivity contribution in [3.05, 3.63) is 35.1 Å². The predicted octanol–water partition coefficient (Wildman–Crippen LogP) is 3.44. The Hall–Kier alpha value is -1.36. The van der Waals surface area contributed by atoms with Crippen LogP contribution in [-0.4, -0.2) is 0 Å². The summed E-state index contributed by atoms with van der Waals surface area (Å²) in [5.41, 5.74) is 1.51. The van der Waals surface area contributed by atoms with Gasteiger partial charge >= 0.3 is 0 Å². The molecule has 2 atom stereocenters. The molecule has 1 nitrogen and oxygen atoms in total. The molecule has 0 fully saturated rings. The van der Waals surface area contributed by atoms with E-state index in [4.69, 9.17) is 0 Å². The van der Waals surface area contributed by atoms with Crippen molar-refractivity contribution < 1.29 is 4.39 Å². The van der Waals surface area contributed by atoms with Crippen molar-refractivity contribution in [2.45, 2.75) is 32.6 Å². The van der Waals surface area contributed by atoms with Gasteiger partial charge in [-0.25, -0.2) is 4.39 Å². The molecule has 2 rings (SSSR count). The van der Waals surface area contributed by atoms with Crippen LogP contribution in [0.3, 0.4) is 0 Å². The fourth-order valence-corrected chi connectivity index (χ4v) is 3.05. The minimum Gasteiger partial charge on any atom is -0.207 e. The van der Waals surface area contributed by atoms with Gasteiger partial charge in [0.2, 0.25) is 0 Å². The minimum atomic E-state index is -0.516. The SMILES string of the molecule is CC(C)[C@]1(C#N)c2cc(F)ccc2C[C@H]1C. The molecule has 84 valence electrons. The summed E-state index contributed by atoms with van der Waals surface area (Å²) in [5.74, 6) is 0.220. The monoisotopic (exact) mass is 217 g/mol. The van der Waals surface area contributed by atoms with Gasteiger partial charge in [-0.1, -0.05) is 26.8 Å². The molecule has 0 amide bonds. The Bertz CT molecular complexity index is 458. The molecule has 16 heavy (non-hydrogen) atoms. The van der Waals surface area contributed by atoms with E-state index in [2.05, 4.69) is 13.0 Å². The van der Waals surface area contributed by atoms with Crippen molar-refractivity contribution in [3.8, 4) is 6.07 Å². The van der Waals surface area contributed by atoms with Crippen molar-refractivity contribution in [2.75, 3.05) is 0 Å². The largest absolute Gasteiger partial charge is 0.207 e. The van der Waals surface area contributed by atoms with Gasteiger partial charge in [0.1, 0.15) is 5.82 Å². The van der Waals surface area contributed by atoms with Crippen molar-refractivity contribution in [3.63, 3.8) is 0 Å². The van der Waals surface area contributed by atoms with Gasteiger partial charge in [-0.3, -0.25) is 0 Å². The third kappa shape index (κ3) is 1.28. The van der Waals surface area contributed by atoms with E-state index in [9.17, 15) is 9.65 Å². The molecule has 0 heterocycles. The maximum Gasteiger partial charge on any atom is 0.123 e. The van der Waals surface area contributed by atoms with Crippen LogP contribution in [-0.2, 0) is 11.8 Å². The summed E-state index contributed by atoms with van der Waals surface area (Å²) in [6.07, 6.45) is 0.876. The van der Waals surface area contributed by atoms with Crippen LogP contribution in [0, 0.1) is 29.0 Å². The summed E-state index contributed by atoms with van der Waals surface area (Å²) in [5, 5.41) is 9.52. The highest BCUT2D eigenvalue weighted by Gasteiger charge is 2.47. The van der Waals surface area contributed by atoms with Gasteiger partial charge in [0, 0.05) is 0 Å². The first kappa shape index (κ1) is 11.1. The second-order valence-corrected chi connectivity index (χ2v) is 5.04. The average Bonchev–Trinajstić information content (AvgIpc) is 2.50. The summed E-state index contributed by atoms with van der Waals surface area (Å²) >= 11 is 0. The summed E-state index contributed by atoms with van der Waals surface area (Å²) in [6, 6.07) is 7.29. The maximum atomic E-state index is 13.3. The van der Waals surface area contributed by atoms with E-state index >= 15 is 0 Å². The second-order valence-electron chi connectivity index (χ2n) is 5.04. The average molecular weight is 217 g/mol. The third-order valence-corrected chi connectivity index (χ3v) is 3.92. The molecule has 0 aliphatic heterocycles. The molecular weight excluding hydrogens is 201 g/mol. The van der Waals surface area contributed by atoms with Crippen molar-refractivity contribution in [1.29, 1.82) is 5.26 Å². The molecule has 0 saturated heterocycles. The molecule has 1 aliphatic rings. The van der Waals surface area contributed by atoms with Crippen LogP contribution in [0.4, 0.5) is 4.39 Å². The summed E-state index contributed by atoms with van der Waals surface area (Å²) in [6.45, 7) is 6.17. The van der Waals surface area contributed by atoms with Gasteiger partial charge in [0.25, 0.3) is 0 Å². The predicted molar refractivity (Wildman–Crippen MR) is 61.4 cm³/mol. The number of rotatable bonds is 1. The zero-order valence-corrected chi connectivity index (χ0v) is 9.92. The van der Waals surface area contributed by atoms with E-state index in [0.717, 1.165) is 17.5 Å². The highest BCUT2D eigenvalue weighted by atomic mass is 19.1. The van der Waals surface area contributed by atoms with E-state index in [1.165, 1.54) is 6.07 Å². The van der Waals surface area contributed by atoms with Gasteiger partial charge in [0.05, 0.1) is 11.5 Å². The normalized spacial score (nSPS) is 27.9. The van der Waals surface area contributed by atoms with Crippen LogP contribution >= 0.6 is 0 Å². The van der Waals surface area contributed by atoms with E-state index in [1.807, 2.05) is 19.9 Å². The van der Waals surface area contributed by atoms with Crippen LogP contribution in [0.5, 0.6) is 0 Å². The molecule has 0 bridgehead atoms. The summed E-state index contributed by atoms with van der Waals surface area (Å²) in [7, 11) is 0. The van der Waals surface area contributed by atoms with Crippen molar-refractivity contribution >= 4 is 0 Å². The number of benzene rings is 1. The molecule has 0 aromatic heterocycles. The molecule has 0 radical (unpaired) electrons. The Labute approximate surface area is 95.9 Å². The van der Waals surface area contributed by atoms with E-state index < -0.39 is 5.41 Å². The lowest BCUT2D eigenvalue weighted by molar-refractivity contribution is 0.301. The number of halogens is 1. The first-order chi connectivity index (χ1) is 7.52. The highest BCUT2D eigenvalue weighted by Crippen LogP contribution is 2.47. The van der Waals surface area contributed by atoms with Gasteiger partial charge in [-0.15, -0.1) is 0 Å². The molecular formula is C14H16FN. The molecule has 0 N–H and O–H groups in total. The van der Waals surface area contributed by atoms with Gasteiger partial charge in [-0.2, -0.15) is 5.26 Å². The standard InChI is InChI=1S/C14H16FN/c1-9(2)14(8-16)10(3)6-11-4-5-12(15)7-13(11)14/h4-5,7,9-10H,6H2,1-3H3/t10-,14+/m1/s1. The zero-order valence-electron chi connectivity index (χ0n) is 9.92. The van der Waals surface area contributed by atoms with Crippen LogP contribution in [0.2, 0.25) is 0 Å². The number of nitriles is 1. The molecule has 0 spiro atoms. The Kier molecular flexibility index (Phi) is 2.50. The molecule has 1 aliphatic carbocycles. The highest BCUT2D eigenvalue weighted by molar-refractivity contribution is 5.46. The lowest BCUT2D eigenvalue weighted by Crippen LogP contribution is -2.34. The lowest BCUT2D eigenvalue weighted by Gasteiger charge is -2.31. The number of nitrogens with zero attached hydrogens (tertiary/aromatic N) is 1. The number of hydrogen-bond acceptors (Lipinski definition) is 1. The number of fused-ring (bicyclic) bond motifs is 1.